The molecule has 0 radical (unpaired) electrons. The van der Waals surface area contributed by atoms with Gasteiger partial charge in [-0.3, -0.25) is 4.90 Å². The van der Waals surface area contributed by atoms with E-state index in [1.165, 1.54) is 22.7 Å². The molecule has 2 rings (SSSR count). The molecule has 0 amide bonds. The van der Waals surface area contributed by atoms with Gasteiger partial charge < -0.3 is 0 Å². The number of imidazole rings is 1. The van der Waals surface area contributed by atoms with Gasteiger partial charge in [0, 0.05) is 43.1 Å². The van der Waals surface area contributed by atoms with Gasteiger partial charge in [-0.1, -0.05) is 0 Å². The molecular formula is C13H24N4O2S. The molecule has 0 N–H and O–H groups in total. The minimum Gasteiger partial charge on any atom is -0.291 e. The Labute approximate surface area is 121 Å². The van der Waals surface area contributed by atoms with Crippen molar-refractivity contribution in [2.75, 3.05) is 13.1 Å². The minimum atomic E-state index is -3.49. The maximum atomic E-state index is 12.5. The maximum Gasteiger partial charge on any atom is 0.308 e. The van der Waals surface area contributed by atoms with Gasteiger partial charge in [0.15, 0.2) is 0 Å². The first-order valence-electron chi connectivity index (χ1n) is 6.91. The van der Waals surface area contributed by atoms with Crippen molar-refractivity contribution < 1.29 is 8.42 Å². The molecule has 1 saturated heterocycles. The molecule has 0 unspecified atom stereocenters. The molecule has 0 bridgehead atoms. The predicted octanol–water partition coefficient (Wildman–Crippen LogP) is 1.17. The largest absolute Gasteiger partial charge is 0.308 e. The normalized spacial score (nSPS) is 26.9. The third-order valence-electron chi connectivity index (χ3n) is 3.73. The number of aromatic nitrogens is 2. The first kappa shape index (κ1) is 15.5. The average molecular weight is 300 g/mol. The van der Waals surface area contributed by atoms with Crippen LogP contribution in [0.1, 0.15) is 34.6 Å². The van der Waals surface area contributed by atoms with Crippen molar-refractivity contribution in [3.63, 3.8) is 0 Å². The lowest BCUT2D eigenvalue weighted by molar-refractivity contribution is 0.00128. The highest BCUT2D eigenvalue weighted by atomic mass is 32.2. The Morgan fingerprint density at radius 2 is 1.70 bits per heavy atom. The average Bonchev–Trinajstić information content (AvgIpc) is 2.79. The molecule has 2 heterocycles. The molecule has 1 aliphatic heterocycles. The van der Waals surface area contributed by atoms with E-state index in [2.05, 4.69) is 44.5 Å². The highest BCUT2D eigenvalue weighted by Gasteiger charge is 2.40. The Bertz CT molecular complexity index is 535. The SMILES string of the molecule is C[C@@H]1CN(S(=O)(=O)n2ccnc2)C[C@H](C)N1C(C)(C)C. The van der Waals surface area contributed by atoms with Crippen LogP contribution in [0.5, 0.6) is 0 Å². The van der Waals surface area contributed by atoms with Gasteiger partial charge in [-0.2, -0.15) is 12.7 Å². The first-order valence-corrected chi connectivity index (χ1v) is 8.31. The van der Waals surface area contributed by atoms with Crippen LogP contribution in [0.15, 0.2) is 18.7 Å². The van der Waals surface area contributed by atoms with E-state index in [1.54, 1.807) is 4.31 Å². The number of nitrogens with zero attached hydrogens (tertiary/aromatic N) is 4. The lowest BCUT2D eigenvalue weighted by atomic mass is 9.98. The summed E-state index contributed by atoms with van der Waals surface area (Å²) in [6.45, 7) is 11.7. The van der Waals surface area contributed by atoms with Crippen LogP contribution in [0.3, 0.4) is 0 Å². The van der Waals surface area contributed by atoms with Gasteiger partial charge >= 0.3 is 10.2 Å². The second-order valence-corrected chi connectivity index (χ2v) is 8.33. The molecule has 1 aromatic heterocycles. The molecule has 1 aromatic rings. The monoisotopic (exact) mass is 300 g/mol. The van der Waals surface area contributed by atoms with E-state index in [0.717, 1.165) is 0 Å². The number of piperazine rings is 1. The van der Waals surface area contributed by atoms with Gasteiger partial charge in [-0.15, -0.1) is 0 Å². The Balaban J connectivity index is 2.24. The zero-order chi connectivity index (χ0) is 15.1. The van der Waals surface area contributed by atoms with Crippen LogP contribution in [-0.4, -0.2) is 57.3 Å². The van der Waals surface area contributed by atoms with Crippen molar-refractivity contribution in [3.8, 4) is 0 Å². The van der Waals surface area contributed by atoms with E-state index in [1.807, 2.05) is 0 Å². The van der Waals surface area contributed by atoms with Crippen LogP contribution < -0.4 is 0 Å². The summed E-state index contributed by atoms with van der Waals surface area (Å²) in [5, 5.41) is 0. The van der Waals surface area contributed by atoms with Gasteiger partial charge in [0.1, 0.15) is 6.33 Å². The summed E-state index contributed by atoms with van der Waals surface area (Å²) in [7, 11) is -3.49. The van der Waals surface area contributed by atoms with E-state index in [9.17, 15) is 8.42 Å². The second-order valence-electron chi connectivity index (χ2n) is 6.49. The molecule has 1 aliphatic rings. The Hall–Kier alpha value is -0.920. The van der Waals surface area contributed by atoms with E-state index in [0.29, 0.717) is 13.1 Å². The molecule has 1 fully saturated rings. The quantitative estimate of drug-likeness (QED) is 0.822. The van der Waals surface area contributed by atoms with Gasteiger partial charge in [0.2, 0.25) is 0 Å². The summed E-state index contributed by atoms with van der Waals surface area (Å²) >= 11 is 0. The van der Waals surface area contributed by atoms with Crippen molar-refractivity contribution in [2.24, 2.45) is 0 Å². The van der Waals surface area contributed by atoms with Crippen molar-refractivity contribution in [3.05, 3.63) is 18.7 Å². The fourth-order valence-corrected chi connectivity index (χ4v) is 4.76. The molecule has 114 valence electrons. The topological polar surface area (TPSA) is 58.4 Å². The Kier molecular flexibility index (Phi) is 3.96. The van der Waals surface area contributed by atoms with Crippen LogP contribution in [0, 0.1) is 0 Å². The molecule has 7 heteroatoms. The fraction of sp³-hybridized carbons (Fsp3) is 0.769. The van der Waals surface area contributed by atoms with Crippen LogP contribution in [0.25, 0.3) is 0 Å². The van der Waals surface area contributed by atoms with Gasteiger partial charge in [0.05, 0.1) is 0 Å². The van der Waals surface area contributed by atoms with Crippen LogP contribution >= 0.6 is 0 Å². The zero-order valence-electron chi connectivity index (χ0n) is 12.8. The van der Waals surface area contributed by atoms with Gasteiger partial charge in [-0.05, 0) is 34.6 Å². The molecule has 0 aliphatic carbocycles. The first-order chi connectivity index (χ1) is 9.14. The zero-order valence-corrected chi connectivity index (χ0v) is 13.6. The summed E-state index contributed by atoms with van der Waals surface area (Å²) in [4.78, 5) is 6.20. The molecular weight excluding hydrogens is 276 g/mol. The third kappa shape index (κ3) is 2.75. The highest BCUT2D eigenvalue weighted by molar-refractivity contribution is 7.87. The van der Waals surface area contributed by atoms with Crippen LogP contribution in [0.2, 0.25) is 0 Å². The maximum absolute atomic E-state index is 12.5. The van der Waals surface area contributed by atoms with Crippen molar-refractivity contribution in [2.45, 2.75) is 52.2 Å². The van der Waals surface area contributed by atoms with Crippen LogP contribution in [-0.2, 0) is 10.2 Å². The summed E-state index contributed by atoms with van der Waals surface area (Å²) in [6, 6.07) is 0.356. The van der Waals surface area contributed by atoms with E-state index in [-0.39, 0.29) is 17.6 Å². The summed E-state index contributed by atoms with van der Waals surface area (Å²) in [6.07, 6.45) is 4.29. The van der Waals surface area contributed by atoms with Gasteiger partial charge in [0.25, 0.3) is 0 Å². The predicted molar refractivity (Wildman–Crippen MR) is 78.6 cm³/mol. The lowest BCUT2D eigenvalue weighted by Gasteiger charge is -2.50. The highest BCUT2D eigenvalue weighted by Crippen LogP contribution is 2.26. The standard InChI is InChI=1S/C13H24N4O2S/c1-11-8-16(9-12(2)17(11)13(3,4)5)20(18,19)15-7-6-14-10-15/h6-7,10-12H,8-9H2,1-5H3/t11-,12+. The van der Waals surface area contributed by atoms with Crippen LogP contribution in [0.4, 0.5) is 0 Å². The molecule has 6 nitrogen and oxygen atoms in total. The van der Waals surface area contributed by atoms with E-state index >= 15 is 0 Å². The Morgan fingerprint density at radius 1 is 1.15 bits per heavy atom. The number of hydrogen-bond donors (Lipinski definition) is 0. The van der Waals surface area contributed by atoms with Crippen molar-refractivity contribution >= 4 is 10.2 Å². The van der Waals surface area contributed by atoms with Gasteiger partial charge in [-0.25, -0.2) is 8.96 Å². The summed E-state index contributed by atoms with van der Waals surface area (Å²) in [5.41, 5.74) is 0.0314. The smallest absolute Gasteiger partial charge is 0.291 e. The lowest BCUT2D eigenvalue weighted by Crippen LogP contribution is -2.63. The molecule has 0 spiro atoms. The van der Waals surface area contributed by atoms with Crippen molar-refractivity contribution in [1.82, 2.24) is 18.2 Å². The summed E-state index contributed by atoms with van der Waals surface area (Å²) < 4.78 is 27.8. The molecule has 2 atom stereocenters. The molecule has 20 heavy (non-hydrogen) atoms. The number of rotatable bonds is 2. The molecule has 0 aromatic carbocycles. The minimum absolute atomic E-state index is 0.0314. The Morgan fingerprint density at radius 3 is 2.10 bits per heavy atom. The summed E-state index contributed by atoms with van der Waals surface area (Å²) in [5.74, 6) is 0. The van der Waals surface area contributed by atoms with E-state index in [4.69, 9.17) is 0 Å². The fourth-order valence-electron chi connectivity index (χ4n) is 3.30. The number of hydrogen-bond acceptors (Lipinski definition) is 4. The molecule has 0 saturated carbocycles. The van der Waals surface area contributed by atoms with Crippen molar-refractivity contribution in [1.29, 1.82) is 0 Å². The second kappa shape index (κ2) is 5.13. The third-order valence-corrected chi connectivity index (χ3v) is 5.43. The van der Waals surface area contributed by atoms with E-state index < -0.39 is 10.2 Å².